The molecular formula is C12H15ClN2O2. The molecule has 0 saturated carbocycles. The van der Waals surface area contributed by atoms with Gasteiger partial charge in [-0.2, -0.15) is 0 Å². The number of carbonyl (C=O) groups excluding carboxylic acids is 1. The Hall–Kier alpha value is -1.10. The maximum Gasteiger partial charge on any atom is 0.246 e. The van der Waals surface area contributed by atoms with E-state index in [9.17, 15) is 4.79 Å². The van der Waals surface area contributed by atoms with Crippen molar-refractivity contribution in [2.24, 2.45) is 0 Å². The molecule has 92 valence electrons. The number of hydrogen-bond acceptors (Lipinski definition) is 3. The maximum absolute atomic E-state index is 11.8. The maximum atomic E-state index is 11.8. The monoisotopic (exact) mass is 254 g/mol. The fourth-order valence-corrected chi connectivity index (χ4v) is 2.16. The van der Waals surface area contributed by atoms with Crippen molar-refractivity contribution in [3.8, 4) is 0 Å². The van der Waals surface area contributed by atoms with Crippen LogP contribution in [-0.2, 0) is 9.53 Å². The molecule has 1 aliphatic heterocycles. The third-order valence-corrected chi connectivity index (χ3v) is 2.95. The van der Waals surface area contributed by atoms with Crippen molar-refractivity contribution < 1.29 is 9.53 Å². The minimum atomic E-state index is -0.353. The predicted molar refractivity (Wildman–Crippen MR) is 67.3 cm³/mol. The van der Waals surface area contributed by atoms with Crippen LogP contribution in [0.4, 0.5) is 5.69 Å². The molecule has 1 aliphatic rings. The van der Waals surface area contributed by atoms with Crippen LogP contribution in [0, 0.1) is 0 Å². The predicted octanol–water partition coefficient (Wildman–Crippen LogP) is 1.96. The lowest BCUT2D eigenvalue weighted by Crippen LogP contribution is -2.37. The highest BCUT2D eigenvalue weighted by Gasteiger charge is 2.31. The van der Waals surface area contributed by atoms with E-state index in [0.717, 1.165) is 11.3 Å². The molecule has 0 radical (unpaired) electrons. The summed E-state index contributed by atoms with van der Waals surface area (Å²) in [5.74, 6) is -0.0507. The minimum Gasteiger partial charge on any atom is -0.383 e. The normalized spacial score (nSPS) is 19.9. The first-order valence-corrected chi connectivity index (χ1v) is 5.85. The van der Waals surface area contributed by atoms with Gasteiger partial charge in [0.15, 0.2) is 0 Å². The molecule has 0 spiro atoms. The van der Waals surface area contributed by atoms with E-state index >= 15 is 0 Å². The van der Waals surface area contributed by atoms with E-state index in [1.165, 1.54) is 0 Å². The number of nitrogens with one attached hydrogen (secondary N) is 2. The van der Waals surface area contributed by atoms with Gasteiger partial charge in [-0.3, -0.25) is 10.1 Å². The molecule has 0 fully saturated rings. The molecule has 1 aromatic rings. The van der Waals surface area contributed by atoms with Crippen LogP contribution >= 0.6 is 11.6 Å². The summed E-state index contributed by atoms with van der Waals surface area (Å²) in [7, 11) is 1.64. The molecule has 0 aliphatic carbocycles. The topological polar surface area (TPSA) is 50.4 Å². The Morgan fingerprint density at radius 2 is 2.35 bits per heavy atom. The Morgan fingerprint density at radius 1 is 1.59 bits per heavy atom. The summed E-state index contributed by atoms with van der Waals surface area (Å²) in [6.45, 7) is 2.53. The summed E-state index contributed by atoms with van der Waals surface area (Å²) >= 11 is 5.94. The van der Waals surface area contributed by atoms with Crippen LogP contribution in [0.1, 0.15) is 18.5 Å². The van der Waals surface area contributed by atoms with Crippen LogP contribution in [0.25, 0.3) is 0 Å². The fraction of sp³-hybridized carbons (Fsp3) is 0.417. The second-order valence-corrected chi connectivity index (χ2v) is 4.61. The number of hydrogen-bond donors (Lipinski definition) is 2. The molecule has 1 amide bonds. The van der Waals surface area contributed by atoms with E-state index in [-0.39, 0.29) is 18.0 Å². The summed E-state index contributed by atoms with van der Waals surface area (Å²) < 4.78 is 5.04. The van der Waals surface area contributed by atoms with Crippen LogP contribution in [0.3, 0.4) is 0 Å². The molecule has 0 saturated heterocycles. The van der Waals surface area contributed by atoms with Crippen molar-refractivity contribution in [3.05, 3.63) is 28.8 Å². The Kier molecular flexibility index (Phi) is 3.66. The summed E-state index contributed by atoms with van der Waals surface area (Å²) in [6, 6.07) is 5.14. The zero-order valence-corrected chi connectivity index (χ0v) is 10.5. The molecular weight excluding hydrogens is 240 g/mol. The molecule has 0 aromatic heterocycles. The van der Waals surface area contributed by atoms with Gasteiger partial charge in [0.2, 0.25) is 5.91 Å². The highest BCUT2D eigenvalue weighted by atomic mass is 35.5. The zero-order valence-electron chi connectivity index (χ0n) is 9.79. The molecule has 2 rings (SSSR count). The van der Waals surface area contributed by atoms with Gasteiger partial charge in [-0.1, -0.05) is 11.6 Å². The van der Waals surface area contributed by atoms with Gasteiger partial charge in [-0.05, 0) is 25.1 Å². The molecule has 4 nitrogen and oxygen atoms in total. The van der Waals surface area contributed by atoms with Crippen molar-refractivity contribution in [2.75, 3.05) is 19.0 Å². The smallest absolute Gasteiger partial charge is 0.246 e. The van der Waals surface area contributed by atoms with Crippen LogP contribution in [0.2, 0.25) is 5.02 Å². The Bertz CT molecular complexity index is 437. The van der Waals surface area contributed by atoms with E-state index in [2.05, 4.69) is 10.6 Å². The number of amides is 1. The van der Waals surface area contributed by atoms with Crippen molar-refractivity contribution in [1.82, 2.24) is 5.32 Å². The molecule has 1 heterocycles. The summed E-state index contributed by atoms with van der Waals surface area (Å²) in [6.07, 6.45) is 0. The van der Waals surface area contributed by atoms with Gasteiger partial charge < -0.3 is 10.1 Å². The number of anilines is 1. The quantitative estimate of drug-likeness (QED) is 0.864. The standard InChI is InChI=1S/C12H15ClN2O2/c1-7(6-17-2)14-11-9-5-8(13)3-4-10(9)15-12(11)16/h3-5,7,11,14H,6H2,1-2H3,(H,15,16). The van der Waals surface area contributed by atoms with Crippen LogP contribution in [-0.4, -0.2) is 25.7 Å². The number of fused-ring (bicyclic) bond motifs is 1. The first-order valence-electron chi connectivity index (χ1n) is 5.47. The highest BCUT2D eigenvalue weighted by molar-refractivity contribution is 6.31. The van der Waals surface area contributed by atoms with Gasteiger partial charge in [-0.25, -0.2) is 0 Å². The summed E-state index contributed by atoms with van der Waals surface area (Å²) in [5, 5.41) is 6.67. The van der Waals surface area contributed by atoms with Gasteiger partial charge >= 0.3 is 0 Å². The number of ether oxygens (including phenoxy) is 1. The molecule has 0 bridgehead atoms. The van der Waals surface area contributed by atoms with Crippen molar-refractivity contribution >= 4 is 23.2 Å². The number of rotatable bonds is 4. The van der Waals surface area contributed by atoms with E-state index in [1.54, 1.807) is 13.2 Å². The first-order chi connectivity index (χ1) is 8.11. The fourth-order valence-electron chi connectivity index (χ4n) is 1.98. The van der Waals surface area contributed by atoms with Crippen molar-refractivity contribution in [3.63, 3.8) is 0 Å². The van der Waals surface area contributed by atoms with E-state index in [4.69, 9.17) is 16.3 Å². The van der Waals surface area contributed by atoms with E-state index in [0.29, 0.717) is 11.6 Å². The molecule has 1 aromatic carbocycles. The molecule has 2 atom stereocenters. The van der Waals surface area contributed by atoms with Gasteiger partial charge in [-0.15, -0.1) is 0 Å². The summed E-state index contributed by atoms with van der Waals surface area (Å²) in [5.41, 5.74) is 1.71. The largest absolute Gasteiger partial charge is 0.383 e. The number of benzene rings is 1. The molecule has 2 unspecified atom stereocenters. The lowest BCUT2D eigenvalue weighted by Gasteiger charge is -2.17. The third-order valence-electron chi connectivity index (χ3n) is 2.71. The second-order valence-electron chi connectivity index (χ2n) is 4.18. The van der Waals surface area contributed by atoms with E-state index in [1.807, 2.05) is 19.1 Å². The van der Waals surface area contributed by atoms with Crippen molar-refractivity contribution in [1.29, 1.82) is 0 Å². The second kappa shape index (κ2) is 5.04. The number of halogens is 1. The Labute approximate surface area is 105 Å². The van der Waals surface area contributed by atoms with Gasteiger partial charge in [0.25, 0.3) is 0 Å². The van der Waals surface area contributed by atoms with Crippen LogP contribution < -0.4 is 10.6 Å². The Morgan fingerprint density at radius 3 is 3.06 bits per heavy atom. The van der Waals surface area contributed by atoms with Crippen molar-refractivity contribution in [2.45, 2.75) is 19.0 Å². The van der Waals surface area contributed by atoms with E-state index < -0.39 is 0 Å². The molecule has 5 heteroatoms. The summed E-state index contributed by atoms with van der Waals surface area (Å²) in [4.78, 5) is 11.8. The number of methoxy groups -OCH3 is 1. The van der Waals surface area contributed by atoms with Crippen LogP contribution in [0.5, 0.6) is 0 Å². The van der Waals surface area contributed by atoms with Crippen LogP contribution in [0.15, 0.2) is 18.2 Å². The Balaban J connectivity index is 2.19. The SMILES string of the molecule is COCC(C)NC1C(=O)Nc2ccc(Cl)cc21. The van der Waals surface area contributed by atoms with Gasteiger partial charge in [0, 0.05) is 29.4 Å². The zero-order chi connectivity index (χ0) is 12.4. The average Bonchev–Trinajstić information content (AvgIpc) is 2.56. The first kappa shape index (κ1) is 12.4. The average molecular weight is 255 g/mol. The molecule has 2 N–H and O–H groups in total. The highest BCUT2D eigenvalue weighted by Crippen LogP contribution is 2.33. The van der Waals surface area contributed by atoms with Gasteiger partial charge in [0.05, 0.1) is 6.61 Å². The number of carbonyl (C=O) groups is 1. The minimum absolute atomic E-state index is 0.0507. The lowest BCUT2D eigenvalue weighted by molar-refractivity contribution is -0.117. The third kappa shape index (κ3) is 2.60. The molecule has 17 heavy (non-hydrogen) atoms. The van der Waals surface area contributed by atoms with Gasteiger partial charge in [0.1, 0.15) is 6.04 Å². The lowest BCUT2D eigenvalue weighted by atomic mass is 10.1.